The average molecular weight is 284 g/mol. The molecular weight excluding hydrogens is 264 g/mol. The number of nitrogens with zero attached hydrogens (tertiary/aromatic N) is 1. The first kappa shape index (κ1) is 15.5. The van der Waals surface area contributed by atoms with E-state index in [4.69, 9.17) is 5.11 Å². The maximum atomic E-state index is 11.9. The molecule has 0 aromatic carbocycles. The van der Waals surface area contributed by atoms with Gasteiger partial charge in [-0.05, 0) is 24.8 Å². The molecule has 0 spiro atoms. The third kappa shape index (κ3) is 4.55. The molecule has 2 atom stereocenters. The Morgan fingerprint density at radius 1 is 1.53 bits per heavy atom. The summed E-state index contributed by atoms with van der Waals surface area (Å²) in [4.78, 5) is 25.4. The summed E-state index contributed by atoms with van der Waals surface area (Å²) in [6.45, 7) is 3.66. The lowest BCUT2D eigenvalue weighted by molar-refractivity contribution is -0.141. The summed E-state index contributed by atoms with van der Waals surface area (Å²) in [5.74, 6) is -0.981. The van der Waals surface area contributed by atoms with Gasteiger partial charge in [0.05, 0.1) is 0 Å². The second-order valence-electron chi connectivity index (χ2n) is 4.51. The van der Waals surface area contributed by atoms with Crippen molar-refractivity contribution < 1.29 is 14.7 Å². The number of rotatable bonds is 6. The Bertz CT molecular complexity index is 420. The fraction of sp³-hybridized carbons (Fsp3) is 0.538. The fourth-order valence-electron chi connectivity index (χ4n) is 1.85. The van der Waals surface area contributed by atoms with Crippen LogP contribution in [0.1, 0.15) is 25.1 Å². The standard InChI is InChI=1S/C13H20N2O3S/c1-4-11(12(16)17)15(3)13(18)14-9(2)8-10-6-5-7-19-10/h5-7,9,11H,4,8H2,1-3H3,(H,14,18)(H,16,17). The molecular formula is C13H20N2O3S. The molecule has 0 saturated carbocycles. The van der Waals surface area contributed by atoms with Gasteiger partial charge in [0, 0.05) is 24.4 Å². The van der Waals surface area contributed by atoms with Gasteiger partial charge in [-0.3, -0.25) is 0 Å². The lowest BCUT2D eigenvalue weighted by Crippen LogP contribution is -2.49. The molecule has 6 heteroatoms. The lowest BCUT2D eigenvalue weighted by atomic mass is 10.2. The molecule has 0 aliphatic carbocycles. The van der Waals surface area contributed by atoms with Crippen molar-refractivity contribution in [1.29, 1.82) is 0 Å². The smallest absolute Gasteiger partial charge is 0.326 e. The first-order valence-corrected chi connectivity index (χ1v) is 7.12. The molecule has 2 amide bonds. The Labute approximate surface area is 117 Å². The summed E-state index contributed by atoms with van der Waals surface area (Å²) in [5.41, 5.74) is 0. The number of urea groups is 1. The van der Waals surface area contributed by atoms with Crippen LogP contribution in [0.4, 0.5) is 4.79 Å². The number of aliphatic carboxylic acids is 1. The Kier molecular flexibility index (Phi) is 5.82. The fourth-order valence-corrected chi connectivity index (χ4v) is 2.69. The molecule has 5 nitrogen and oxygen atoms in total. The number of hydrogen-bond acceptors (Lipinski definition) is 3. The highest BCUT2D eigenvalue weighted by Crippen LogP contribution is 2.11. The van der Waals surface area contributed by atoms with Crippen molar-refractivity contribution in [3.8, 4) is 0 Å². The van der Waals surface area contributed by atoms with Crippen LogP contribution < -0.4 is 5.32 Å². The largest absolute Gasteiger partial charge is 0.480 e. The van der Waals surface area contributed by atoms with Gasteiger partial charge in [-0.1, -0.05) is 13.0 Å². The number of hydrogen-bond donors (Lipinski definition) is 2. The molecule has 0 aliphatic rings. The Morgan fingerprint density at radius 3 is 2.68 bits per heavy atom. The highest BCUT2D eigenvalue weighted by atomic mass is 32.1. The summed E-state index contributed by atoms with van der Waals surface area (Å²) < 4.78 is 0. The predicted octanol–water partition coefficient (Wildman–Crippen LogP) is 2.18. The summed E-state index contributed by atoms with van der Waals surface area (Å²) in [7, 11) is 1.51. The molecule has 0 radical (unpaired) electrons. The zero-order chi connectivity index (χ0) is 14.4. The molecule has 106 valence electrons. The summed E-state index contributed by atoms with van der Waals surface area (Å²) in [6, 6.07) is 2.83. The molecule has 2 unspecified atom stereocenters. The highest BCUT2D eigenvalue weighted by molar-refractivity contribution is 7.09. The quantitative estimate of drug-likeness (QED) is 0.841. The van der Waals surface area contributed by atoms with Crippen LogP contribution in [-0.4, -0.2) is 41.1 Å². The molecule has 19 heavy (non-hydrogen) atoms. The maximum absolute atomic E-state index is 11.9. The SMILES string of the molecule is CCC(C(=O)O)N(C)C(=O)NC(C)Cc1cccs1. The third-order valence-corrected chi connectivity index (χ3v) is 3.82. The molecule has 1 rings (SSSR count). The number of nitrogens with one attached hydrogen (secondary N) is 1. The minimum atomic E-state index is -0.981. The average Bonchev–Trinajstić information content (AvgIpc) is 2.81. The zero-order valence-corrected chi connectivity index (χ0v) is 12.2. The minimum absolute atomic E-state index is 0.0279. The number of carbonyl (C=O) groups is 2. The van der Waals surface area contributed by atoms with Gasteiger partial charge >= 0.3 is 12.0 Å². The second-order valence-corrected chi connectivity index (χ2v) is 5.54. The van der Waals surface area contributed by atoms with Crippen LogP contribution in [0.5, 0.6) is 0 Å². The van der Waals surface area contributed by atoms with Crippen LogP contribution in [-0.2, 0) is 11.2 Å². The zero-order valence-electron chi connectivity index (χ0n) is 11.4. The van der Waals surface area contributed by atoms with Gasteiger partial charge in [0.2, 0.25) is 0 Å². The van der Waals surface area contributed by atoms with E-state index in [0.717, 1.165) is 6.42 Å². The molecule has 0 aliphatic heterocycles. The van der Waals surface area contributed by atoms with Crippen molar-refractivity contribution in [2.45, 2.75) is 38.8 Å². The minimum Gasteiger partial charge on any atom is -0.480 e. The van der Waals surface area contributed by atoms with Crippen LogP contribution in [0.3, 0.4) is 0 Å². The van der Waals surface area contributed by atoms with E-state index in [1.165, 1.54) is 16.8 Å². The summed E-state index contributed by atoms with van der Waals surface area (Å²) >= 11 is 1.64. The van der Waals surface area contributed by atoms with E-state index in [9.17, 15) is 9.59 Å². The van der Waals surface area contributed by atoms with Crippen molar-refractivity contribution in [3.05, 3.63) is 22.4 Å². The van der Waals surface area contributed by atoms with Gasteiger partial charge in [-0.25, -0.2) is 9.59 Å². The number of thiophene rings is 1. The molecule has 1 heterocycles. The number of amides is 2. The topological polar surface area (TPSA) is 69.6 Å². The van der Waals surface area contributed by atoms with Crippen LogP contribution in [0.15, 0.2) is 17.5 Å². The first-order chi connectivity index (χ1) is 8.95. The number of carbonyl (C=O) groups excluding carboxylic acids is 1. The molecule has 1 aromatic rings. The van der Waals surface area contributed by atoms with Crippen molar-refractivity contribution in [2.75, 3.05) is 7.05 Å². The lowest BCUT2D eigenvalue weighted by Gasteiger charge is -2.25. The highest BCUT2D eigenvalue weighted by Gasteiger charge is 2.25. The van der Waals surface area contributed by atoms with Gasteiger partial charge in [0.25, 0.3) is 0 Å². The first-order valence-electron chi connectivity index (χ1n) is 6.24. The van der Waals surface area contributed by atoms with Gasteiger partial charge < -0.3 is 15.3 Å². The Balaban J connectivity index is 2.51. The van der Waals surface area contributed by atoms with E-state index in [2.05, 4.69) is 5.32 Å². The van der Waals surface area contributed by atoms with E-state index in [1.54, 1.807) is 18.3 Å². The third-order valence-electron chi connectivity index (χ3n) is 2.92. The molecule has 0 saturated heterocycles. The van der Waals surface area contributed by atoms with Crippen molar-refractivity contribution >= 4 is 23.3 Å². The normalized spacial score (nSPS) is 13.6. The number of likely N-dealkylation sites (N-methyl/N-ethyl adjacent to an activating group) is 1. The van der Waals surface area contributed by atoms with Gasteiger partial charge in [-0.15, -0.1) is 11.3 Å². The number of carboxylic acid groups (broad SMARTS) is 1. The monoisotopic (exact) mass is 284 g/mol. The van der Waals surface area contributed by atoms with Crippen LogP contribution >= 0.6 is 11.3 Å². The Morgan fingerprint density at radius 2 is 2.21 bits per heavy atom. The summed E-state index contributed by atoms with van der Waals surface area (Å²) in [6.07, 6.45) is 1.14. The van der Waals surface area contributed by atoms with E-state index in [0.29, 0.717) is 6.42 Å². The van der Waals surface area contributed by atoms with E-state index < -0.39 is 12.0 Å². The van der Waals surface area contributed by atoms with Crippen molar-refractivity contribution in [3.63, 3.8) is 0 Å². The van der Waals surface area contributed by atoms with Crippen LogP contribution in [0, 0.1) is 0 Å². The van der Waals surface area contributed by atoms with Gasteiger partial charge in [0.1, 0.15) is 6.04 Å². The Hall–Kier alpha value is -1.56. The molecule has 0 bridgehead atoms. The molecule has 0 fully saturated rings. The summed E-state index contributed by atoms with van der Waals surface area (Å²) in [5, 5.41) is 13.8. The van der Waals surface area contributed by atoms with E-state index in [-0.39, 0.29) is 12.1 Å². The number of carboxylic acids is 1. The van der Waals surface area contributed by atoms with Gasteiger partial charge in [0.15, 0.2) is 0 Å². The maximum Gasteiger partial charge on any atom is 0.326 e. The van der Waals surface area contributed by atoms with Crippen LogP contribution in [0.25, 0.3) is 0 Å². The van der Waals surface area contributed by atoms with Crippen molar-refractivity contribution in [1.82, 2.24) is 10.2 Å². The van der Waals surface area contributed by atoms with Gasteiger partial charge in [-0.2, -0.15) is 0 Å². The predicted molar refractivity (Wildman–Crippen MR) is 75.5 cm³/mol. The van der Waals surface area contributed by atoms with Crippen molar-refractivity contribution in [2.24, 2.45) is 0 Å². The second kappa shape index (κ2) is 7.13. The van der Waals surface area contributed by atoms with E-state index in [1.807, 2.05) is 24.4 Å². The van der Waals surface area contributed by atoms with E-state index >= 15 is 0 Å². The molecule has 1 aromatic heterocycles. The molecule has 2 N–H and O–H groups in total. The van der Waals surface area contributed by atoms with Crippen LogP contribution in [0.2, 0.25) is 0 Å².